The van der Waals surface area contributed by atoms with Gasteiger partial charge in [-0.2, -0.15) is 17.5 Å². The minimum atomic E-state index is -4.42. The van der Waals surface area contributed by atoms with Crippen molar-refractivity contribution in [1.29, 1.82) is 0 Å². The molecule has 9 heteroatoms. The Hall–Kier alpha value is -1.61. The minimum Gasteiger partial charge on any atom is -0.478 e. The van der Waals surface area contributed by atoms with Crippen LogP contribution in [0.5, 0.6) is 0 Å². The van der Waals surface area contributed by atoms with Crippen molar-refractivity contribution in [3.05, 3.63) is 28.8 Å². The topological polar surface area (TPSA) is 74.7 Å². The molecule has 1 fully saturated rings. The second-order valence-corrected chi connectivity index (χ2v) is 7.74. The van der Waals surface area contributed by atoms with Crippen LogP contribution in [-0.2, 0) is 22.9 Å². The first-order valence-electron chi connectivity index (χ1n) is 7.06. The van der Waals surface area contributed by atoms with Gasteiger partial charge in [0, 0.05) is 13.1 Å². The van der Waals surface area contributed by atoms with Gasteiger partial charge >= 0.3 is 12.1 Å². The molecule has 0 spiro atoms. The van der Waals surface area contributed by atoms with E-state index in [4.69, 9.17) is 5.11 Å². The Balaban J connectivity index is 1.97. The van der Waals surface area contributed by atoms with Gasteiger partial charge in [-0.25, -0.2) is 13.2 Å². The van der Waals surface area contributed by atoms with Gasteiger partial charge in [0.2, 0.25) is 10.0 Å². The lowest BCUT2D eigenvalue weighted by atomic mass is 10.0. The standard InChI is InChI=1S/C14H14F3NO4S/c15-14(16,17)10-6-18(7-10)23(21,22)12-5-9(13(19)20)4-8-2-1-3-11(8)12/h4-5,10H,1-3,6-7H2,(H,19,20). The molecule has 0 bridgehead atoms. The molecule has 1 aromatic carbocycles. The predicted molar refractivity (Wildman–Crippen MR) is 73.7 cm³/mol. The van der Waals surface area contributed by atoms with Gasteiger partial charge in [-0.05, 0) is 42.5 Å². The van der Waals surface area contributed by atoms with E-state index in [1.54, 1.807) is 0 Å². The van der Waals surface area contributed by atoms with Gasteiger partial charge in [0.15, 0.2) is 0 Å². The van der Waals surface area contributed by atoms with Crippen LogP contribution in [0.15, 0.2) is 17.0 Å². The summed E-state index contributed by atoms with van der Waals surface area (Å²) in [5, 5.41) is 9.11. The normalized spacial score (nSPS) is 19.4. The summed E-state index contributed by atoms with van der Waals surface area (Å²) >= 11 is 0. The van der Waals surface area contributed by atoms with Crippen LogP contribution >= 0.6 is 0 Å². The molecule has 1 aliphatic carbocycles. The Kier molecular flexibility index (Phi) is 3.68. The maximum Gasteiger partial charge on any atom is 0.394 e. The number of aryl methyl sites for hydroxylation is 1. The molecule has 0 radical (unpaired) electrons. The molecule has 0 saturated carbocycles. The van der Waals surface area contributed by atoms with Crippen molar-refractivity contribution in [2.24, 2.45) is 5.92 Å². The second kappa shape index (κ2) is 5.20. The van der Waals surface area contributed by atoms with Crippen molar-refractivity contribution in [3.8, 4) is 0 Å². The van der Waals surface area contributed by atoms with Crippen LogP contribution < -0.4 is 0 Å². The first-order chi connectivity index (χ1) is 10.6. The number of hydrogen-bond donors (Lipinski definition) is 1. The van der Waals surface area contributed by atoms with Crippen LogP contribution in [0.4, 0.5) is 13.2 Å². The molecular weight excluding hydrogens is 335 g/mol. The SMILES string of the molecule is O=C(O)c1cc2c(c(S(=O)(=O)N3CC(C(F)(F)F)C3)c1)CCC2. The molecule has 0 unspecified atom stereocenters. The zero-order valence-electron chi connectivity index (χ0n) is 11.9. The lowest BCUT2D eigenvalue weighted by molar-refractivity contribution is -0.198. The van der Waals surface area contributed by atoms with E-state index in [1.807, 2.05) is 0 Å². The molecular formula is C14H14F3NO4S. The van der Waals surface area contributed by atoms with E-state index in [0.717, 1.165) is 10.4 Å². The number of halogens is 3. The molecule has 1 saturated heterocycles. The quantitative estimate of drug-likeness (QED) is 0.906. The molecule has 1 aromatic rings. The molecule has 126 valence electrons. The predicted octanol–water partition coefficient (Wildman–Crippen LogP) is 2.06. The summed E-state index contributed by atoms with van der Waals surface area (Å²) in [4.78, 5) is 11.0. The van der Waals surface area contributed by atoms with Crippen LogP contribution in [0.3, 0.4) is 0 Å². The van der Waals surface area contributed by atoms with Crippen molar-refractivity contribution >= 4 is 16.0 Å². The smallest absolute Gasteiger partial charge is 0.394 e. The number of hydrogen-bond acceptors (Lipinski definition) is 3. The number of alkyl halides is 3. The Morgan fingerprint density at radius 3 is 2.43 bits per heavy atom. The van der Waals surface area contributed by atoms with E-state index in [9.17, 15) is 26.4 Å². The number of carboxylic acids is 1. The highest BCUT2D eigenvalue weighted by molar-refractivity contribution is 7.89. The van der Waals surface area contributed by atoms with Gasteiger partial charge < -0.3 is 5.11 Å². The van der Waals surface area contributed by atoms with Gasteiger partial charge in [-0.3, -0.25) is 0 Å². The number of benzene rings is 1. The number of carbonyl (C=O) groups is 1. The third-order valence-electron chi connectivity index (χ3n) is 4.35. The van der Waals surface area contributed by atoms with Crippen LogP contribution in [-0.4, -0.2) is 43.1 Å². The van der Waals surface area contributed by atoms with E-state index < -0.39 is 41.2 Å². The molecule has 2 aliphatic rings. The first kappa shape index (κ1) is 16.3. The summed E-state index contributed by atoms with van der Waals surface area (Å²) in [6.07, 6.45) is -2.66. The average molecular weight is 349 g/mol. The zero-order valence-corrected chi connectivity index (χ0v) is 12.7. The molecule has 0 atom stereocenters. The number of rotatable bonds is 3. The van der Waals surface area contributed by atoms with Crippen molar-refractivity contribution in [3.63, 3.8) is 0 Å². The lowest BCUT2D eigenvalue weighted by Gasteiger charge is -2.39. The number of nitrogens with zero attached hydrogens (tertiary/aromatic N) is 1. The number of carboxylic acid groups (broad SMARTS) is 1. The summed E-state index contributed by atoms with van der Waals surface area (Å²) in [5.74, 6) is -2.92. The number of sulfonamides is 1. The summed E-state index contributed by atoms with van der Waals surface area (Å²) in [6, 6.07) is 2.50. The summed E-state index contributed by atoms with van der Waals surface area (Å²) < 4.78 is 63.6. The fraction of sp³-hybridized carbons (Fsp3) is 0.500. The van der Waals surface area contributed by atoms with Gasteiger partial charge in [-0.1, -0.05) is 0 Å². The summed E-state index contributed by atoms with van der Waals surface area (Å²) in [7, 11) is -4.11. The van der Waals surface area contributed by atoms with E-state index in [1.165, 1.54) is 6.07 Å². The third kappa shape index (κ3) is 2.72. The molecule has 1 aliphatic heterocycles. The van der Waals surface area contributed by atoms with Crippen LogP contribution in [0.25, 0.3) is 0 Å². The molecule has 0 amide bonds. The largest absolute Gasteiger partial charge is 0.478 e. The Labute approximate surface area is 130 Å². The maximum atomic E-state index is 12.6. The fourth-order valence-corrected chi connectivity index (χ4v) is 4.85. The number of aromatic carboxylic acids is 1. The zero-order chi connectivity index (χ0) is 17.0. The number of fused-ring (bicyclic) bond motifs is 1. The highest BCUT2D eigenvalue weighted by Gasteiger charge is 2.51. The first-order valence-corrected chi connectivity index (χ1v) is 8.50. The van der Waals surface area contributed by atoms with Crippen LogP contribution in [0.1, 0.15) is 27.9 Å². The van der Waals surface area contributed by atoms with Crippen LogP contribution in [0.2, 0.25) is 0 Å². The second-order valence-electron chi connectivity index (χ2n) is 5.83. The lowest BCUT2D eigenvalue weighted by Crippen LogP contribution is -2.55. The van der Waals surface area contributed by atoms with Gasteiger partial charge in [0.25, 0.3) is 0 Å². The highest BCUT2D eigenvalue weighted by atomic mass is 32.2. The van der Waals surface area contributed by atoms with Gasteiger partial charge in [0.1, 0.15) is 0 Å². The monoisotopic (exact) mass is 349 g/mol. The van der Waals surface area contributed by atoms with Crippen molar-refractivity contribution in [2.45, 2.75) is 30.3 Å². The van der Waals surface area contributed by atoms with E-state index >= 15 is 0 Å². The van der Waals surface area contributed by atoms with Gasteiger partial charge in [-0.15, -0.1) is 0 Å². The Morgan fingerprint density at radius 2 is 1.87 bits per heavy atom. The molecule has 1 heterocycles. The third-order valence-corrected chi connectivity index (χ3v) is 6.25. The van der Waals surface area contributed by atoms with Crippen molar-refractivity contribution in [2.75, 3.05) is 13.1 Å². The highest BCUT2D eigenvalue weighted by Crippen LogP contribution is 2.38. The maximum absolute atomic E-state index is 12.6. The Bertz CT molecular complexity index is 767. The van der Waals surface area contributed by atoms with E-state index in [0.29, 0.717) is 30.4 Å². The van der Waals surface area contributed by atoms with Crippen molar-refractivity contribution < 1.29 is 31.5 Å². The molecule has 3 rings (SSSR count). The molecule has 5 nitrogen and oxygen atoms in total. The van der Waals surface area contributed by atoms with E-state index in [-0.39, 0.29) is 10.5 Å². The Morgan fingerprint density at radius 1 is 1.22 bits per heavy atom. The van der Waals surface area contributed by atoms with Gasteiger partial charge in [0.05, 0.1) is 16.4 Å². The van der Waals surface area contributed by atoms with Crippen LogP contribution in [0, 0.1) is 5.92 Å². The van der Waals surface area contributed by atoms with Crippen molar-refractivity contribution in [1.82, 2.24) is 4.31 Å². The molecule has 23 heavy (non-hydrogen) atoms. The molecule has 1 N–H and O–H groups in total. The fourth-order valence-electron chi connectivity index (χ4n) is 3.00. The summed E-state index contributed by atoms with van der Waals surface area (Å²) in [6.45, 7) is -1.23. The van der Waals surface area contributed by atoms with E-state index in [2.05, 4.69) is 0 Å². The summed E-state index contributed by atoms with van der Waals surface area (Å²) in [5.41, 5.74) is 1.03. The molecule has 0 aromatic heterocycles. The average Bonchev–Trinajstić information content (AvgIpc) is 2.80. The minimum absolute atomic E-state index is 0.155.